The van der Waals surface area contributed by atoms with Gasteiger partial charge in [0.1, 0.15) is 0 Å². The van der Waals surface area contributed by atoms with E-state index in [0.29, 0.717) is 30.1 Å². The van der Waals surface area contributed by atoms with E-state index in [2.05, 4.69) is 18.7 Å². The Bertz CT molecular complexity index is 1050. The van der Waals surface area contributed by atoms with Gasteiger partial charge < -0.3 is 19.0 Å². The molecule has 0 N–H and O–H groups in total. The summed E-state index contributed by atoms with van der Waals surface area (Å²) < 4.78 is 16.0. The van der Waals surface area contributed by atoms with Crippen LogP contribution in [-0.4, -0.2) is 37.3 Å². The molecule has 0 radical (unpaired) electrons. The standard InChI is InChI=1S/C27H33NO8/c1-19(2)17-21-7-11-23(12-8-21)20(3)27(30)36-24-13-9-22(18-25(24)33-4)10-14-26(29)34-15-5-6-16-35-28(31)32/h7-14,18-20H,5-6,15-17H2,1-4H3. The normalized spacial score (nSPS) is 11.8. The minimum atomic E-state index is -0.859. The lowest BCUT2D eigenvalue weighted by molar-refractivity contribution is -0.757. The zero-order valence-electron chi connectivity index (χ0n) is 21.1. The van der Waals surface area contributed by atoms with E-state index in [4.69, 9.17) is 14.2 Å². The summed E-state index contributed by atoms with van der Waals surface area (Å²) >= 11 is 0. The van der Waals surface area contributed by atoms with Crippen LogP contribution in [0.4, 0.5) is 0 Å². The third-order valence-electron chi connectivity index (χ3n) is 5.27. The summed E-state index contributed by atoms with van der Waals surface area (Å²) in [7, 11) is 1.47. The smallest absolute Gasteiger partial charge is 0.330 e. The average Bonchev–Trinajstić information content (AvgIpc) is 2.84. The summed E-state index contributed by atoms with van der Waals surface area (Å²) in [6.45, 7) is 6.21. The molecule has 0 fully saturated rings. The van der Waals surface area contributed by atoms with Gasteiger partial charge >= 0.3 is 11.9 Å². The highest BCUT2D eigenvalue weighted by atomic mass is 16.9. The van der Waals surface area contributed by atoms with Gasteiger partial charge in [0, 0.05) is 6.08 Å². The van der Waals surface area contributed by atoms with Crippen molar-refractivity contribution in [3.63, 3.8) is 0 Å². The maximum absolute atomic E-state index is 12.7. The Labute approximate surface area is 211 Å². The van der Waals surface area contributed by atoms with Gasteiger partial charge in [0.15, 0.2) is 11.5 Å². The van der Waals surface area contributed by atoms with Crippen molar-refractivity contribution in [2.75, 3.05) is 20.3 Å². The lowest BCUT2D eigenvalue weighted by Gasteiger charge is -2.15. The molecule has 0 aliphatic heterocycles. The van der Waals surface area contributed by atoms with Gasteiger partial charge in [-0.1, -0.05) is 44.2 Å². The maximum atomic E-state index is 12.7. The Hall–Kier alpha value is -3.88. The van der Waals surface area contributed by atoms with E-state index in [1.54, 1.807) is 31.2 Å². The lowest BCUT2D eigenvalue weighted by atomic mass is 9.97. The molecule has 36 heavy (non-hydrogen) atoms. The Kier molecular flexibility index (Phi) is 11.4. The number of rotatable bonds is 14. The van der Waals surface area contributed by atoms with E-state index < -0.39 is 22.9 Å². The van der Waals surface area contributed by atoms with Crippen molar-refractivity contribution < 1.29 is 33.7 Å². The molecule has 0 bridgehead atoms. The third-order valence-corrected chi connectivity index (χ3v) is 5.27. The summed E-state index contributed by atoms with van der Waals surface area (Å²) in [5.41, 5.74) is 2.75. The molecular weight excluding hydrogens is 466 g/mol. The largest absolute Gasteiger partial charge is 0.493 e. The second-order valence-corrected chi connectivity index (χ2v) is 8.66. The van der Waals surface area contributed by atoms with Crippen molar-refractivity contribution in [3.05, 3.63) is 75.3 Å². The second kappa shape index (κ2) is 14.5. The quantitative estimate of drug-likeness (QED) is 0.0876. The highest BCUT2D eigenvalue weighted by Crippen LogP contribution is 2.30. The molecule has 2 rings (SSSR count). The van der Waals surface area contributed by atoms with Crippen molar-refractivity contribution in [1.82, 2.24) is 0 Å². The van der Waals surface area contributed by atoms with Crippen LogP contribution in [0.1, 0.15) is 56.2 Å². The minimum Gasteiger partial charge on any atom is -0.493 e. The number of methoxy groups -OCH3 is 1. The molecular formula is C27H33NO8. The predicted molar refractivity (Wildman–Crippen MR) is 134 cm³/mol. The Balaban J connectivity index is 1.91. The van der Waals surface area contributed by atoms with Crippen LogP contribution in [-0.2, 0) is 25.6 Å². The van der Waals surface area contributed by atoms with Gasteiger partial charge in [-0.2, -0.15) is 0 Å². The summed E-state index contributed by atoms with van der Waals surface area (Å²) in [5, 5.41) is 9.20. The van der Waals surface area contributed by atoms with Crippen molar-refractivity contribution in [2.24, 2.45) is 5.92 Å². The molecule has 0 aromatic heterocycles. The van der Waals surface area contributed by atoms with Crippen LogP contribution in [0.15, 0.2) is 48.5 Å². The number of benzene rings is 2. The molecule has 2 aromatic rings. The molecule has 9 heteroatoms. The van der Waals surface area contributed by atoms with Gasteiger partial charge in [0.05, 0.1) is 26.2 Å². The number of hydrogen-bond donors (Lipinski definition) is 0. The van der Waals surface area contributed by atoms with E-state index in [1.807, 2.05) is 24.3 Å². The molecule has 0 spiro atoms. The first-order chi connectivity index (χ1) is 17.2. The first-order valence-electron chi connectivity index (χ1n) is 11.8. The zero-order valence-corrected chi connectivity index (χ0v) is 21.1. The van der Waals surface area contributed by atoms with Crippen LogP contribution in [0.3, 0.4) is 0 Å². The molecule has 1 unspecified atom stereocenters. The first-order valence-corrected chi connectivity index (χ1v) is 11.8. The van der Waals surface area contributed by atoms with Crippen LogP contribution >= 0.6 is 0 Å². The summed E-state index contributed by atoms with van der Waals surface area (Å²) in [6.07, 6.45) is 4.64. The molecule has 2 aromatic carbocycles. The molecule has 0 aliphatic rings. The molecule has 9 nitrogen and oxygen atoms in total. The molecule has 194 valence electrons. The van der Waals surface area contributed by atoms with Gasteiger partial charge in [0.25, 0.3) is 5.09 Å². The first kappa shape index (κ1) is 28.4. The van der Waals surface area contributed by atoms with E-state index in [9.17, 15) is 19.7 Å². The fourth-order valence-electron chi connectivity index (χ4n) is 3.35. The summed E-state index contributed by atoms with van der Waals surface area (Å²) in [6, 6.07) is 12.9. The van der Waals surface area contributed by atoms with E-state index in [0.717, 1.165) is 12.0 Å². The number of esters is 2. The highest BCUT2D eigenvalue weighted by Gasteiger charge is 2.19. The molecule has 0 saturated carbocycles. The monoisotopic (exact) mass is 499 g/mol. The van der Waals surface area contributed by atoms with E-state index in [1.165, 1.54) is 18.7 Å². The molecule has 1 atom stereocenters. The van der Waals surface area contributed by atoms with Crippen LogP contribution in [0.2, 0.25) is 0 Å². The Morgan fingerprint density at radius 3 is 2.33 bits per heavy atom. The van der Waals surface area contributed by atoms with Crippen molar-refractivity contribution in [2.45, 2.75) is 46.0 Å². The van der Waals surface area contributed by atoms with Crippen molar-refractivity contribution in [3.8, 4) is 11.5 Å². The maximum Gasteiger partial charge on any atom is 0.330 e. The van der Waals surface area contributed by atoms with Crippen molar-refractivity contribution in [1.29, 1.82) is 0 Å². The Morgan fingerprint density at radius 1 is 1.00 bits per heavy atom. The predicted octanol–water partition coefficient (Wildman–Crippen LogP) is 5.15. The number of hydrogen-bond acceptors (Lipinski definition) is 8. The number of carbonyl (C=O) groups is 2. The molecule has 0 heterocycles. The Morgan fingerprint density at radius 2 is 1.69 bits per heavy atom. The highest BCUT2D eigenvalue weighted by molar-refractivity contribution is 5.87. The lowest BCUT2D eigenvalue weighted by Crippen LogP contribution is -2.16. The topological polar surface area (TPSA) is 114 Å². The fourth-order valence-corrected chi connectivity index (χ4v) is 3.35. The van der Waals surface area contributed by atoms with Gasteiger partial charge in [-0.05, 0) is 67.0 Å². The van der Waals surface area contributed by atoms with E-state index >= 15 is 0 Å². The fraction of sp³-hybridized carbons (Fsp3) is 0.407. The van der Waals surface area contributed by atoms with Crippen LogP contribution in [0.25, 0.3) is 6.08 Å². The van der Waals surface area contributed by atoms with Crippen LogP contribution in [0.5, 0.6) is 11.5 Å². The molecule has 0 aliphatic carbocycles. The number of unbranched alkanes of at least 4 members (excludes halogenated alkanes) is 1. The van der Waals surface area contributed by atoms with Gasteiger partial charge in [-0.3, -0.25) is 4.79 Å². The number of nitrogens with zero attached hydrogens (tertiary/aromatic N) is 1. The van der Waals surface area contributed by atoms with E-state index in [-0.39, 0.29) is 19.0 Å². The molecule has 0 saturated heterocycles. The third kappa shape index (κ3) is 9.77. The zero-order chi connectivity index (χ0) is 26.5. The van der Waals surface area contributed by atoms with Crippen molar-refractivity contribution >= 4 is 18.0 Å². The summed E-state index contributed by atoms with van der Waals surface area (Å²) in [4.78, 5) is 38.9. The van der Waals surface area contributed by atoms with Crippen LogP contribution < -0.4 is 9.47 Å². The second-order valence-electron chi connectivity index (χ2n) is 8.66. The van der Waals surface area contributed by atoms with Crippen LogP contribution in [0, 0.1) is 16.0 Å². The number of carbonyl (C=O) groups excluding carboxylic acids is 2. The van der Waals surface area contributed by atoms with Gasteiger partial charge in [-0.25, -0.2) is 4.79 Å². The van der Waals surface area contributed by atoms with Gasteiger partial charge in [-0.15, -0.1) is 10.1 Å². The summed E-state index contributed by atoms with van der Waals surface area (Å²) in [5.74, 6) is -0.216. The van der Waals surface area contributed by atoms with Gasteiger partial charge in [0.2, 0.25) is 0 Å². The number of ether oxygens (including phenoxy) is 3. The SMILES string of the molecule is COc1cc(C=CC(=O)OCCCCO[N+](=O)[O-])ccc1OC(=O)C(C)c1ccc(CC(C)C)cc1. The molecule has 0 amide bonds. The average molecular weight is 500 g/mol. The minimum absolute atomic E-state index is 0.0412.